The average Bonchev–Trinajstić information content (AvgIpc) is 3.17. The molecule has 0 saturated carbocycles. The molecule has 1 atom stereocenters. The smallest absolute Gasteiger partial charge is 0.311 e. The third-order valence-electron chi connectivity index (χ3n) is 4.19. The third-order valence-corrected chi connectivity index (χ3v) is 4.78. The van der Waals surface area contributed by atoms with E-state index in [-0.39, 0.29) is 23.1 Å². The molecule has 0 aliphatic carbocycles. The second-order valence-electron chi connectivity index (χ2n) is 6.90. The van der Waals surface area contributed by atoms with Crippen molar-refractivity contribution in [1.29, 1.82) is 0 Å². The Labute approximate surface area is 139 Å². The van der Waals surface area contributed by atoms with Gasteiger partial charge in [0.25, 0.3) is 5.89 Å². The largest absolute Gasteiger partial charge is 0.411 e. The van der Waals surface area contributed by atoms with Crippen molar-refractivity contribution in [3.63, 3.8) is 0 Å². The molecular weight excluding hydrogens is 314 g/mol. The quantitative estimate of drug-likeness (QED) is 0.835. The van der Waals surface area contributed by atoms with Crippen LogP contribution in [0.2, 0.25) is 0 Å². The number of carbonyl (C=O) groups is 1. The predicted molar refractivity (Wildman–Crippen MR) is 87.2 cm³/mol. The zero-order chi connectivity index (χ0) is 16.6. The minimum atomic E-state index is -0.207. The van der Waals surface area contributed by atoms with Gasteiger partial charge in [-0.3, -0.25) is 9.69 Å². The Morgan fingerprint density at radius 1 is 1.35 bits per heavy atom. The molecule has 23 heavy (non-hydrogen) atoms. The van der Waals surface area contributed by atoms with Gasteiger partial charge in [0.1, 0.15) is 5.69 Å². The number of amides is 1. The second kappa shape index (κ2) is 6.01. The van der Waals surface area contributed by atoms with Crippen molar-refractivity contribution in [2.45, 2.75) is 26.8 Å². The van der Waals surface area contributed by atoms with Crippen molar-refractivity contribution in [1.82, 2.24) is 25.0 Å². The Bertz CT molecular complexity index is 676. The number of nitrogens with zero attached hydrogens (tertiary/aromatic N) is 5. The molecule has 0 radical (unpaired) electrons. The molecule has 0 bridgehead atoms. The summed E-state index contributed by atoms with van der Waals surface area (Å²) in [5.74, 6) is 0.114. The van der Waals surface area contributed by atoms with Gasteiger partial charge in [-0.05, 0) is 12.5 Å². The molecule has 1 saturated heterocycles. The van der Waals surface area contributed by atoms with E-state index in [0.717, 1.165) is 6.54 Å². The SMILES string of the molecule is CN1CCN(C(=O)c2nnc(-c3cscn3)o2)CC1C(C)(C)C. The van der Waals surface area contributed by atoms with Crippen molar-refractivity contribution in [2.75, 3.05) is 26.7 Å². The lowest BCUT2D eigenvalue weighted by molar-refractivity contribution is 0.0258. The van der Waals surface area contributed by atoms with E-state index in [1.54, 1.807) is 10.4 Å². The zero-order valence-electron chi connectivity index (χ0n) is 13.8. The van der Waals surface area contributed by atoms with E-state index in [1.165, 1.54) is 11.3 Å². The van der Waals surface area contributed by atoms with Gasteiger partial charge in [-0.1, -0.05) is 20.8 Å². The summed E-state index contributed by atoms with van der Waals surface area (Å²) in [7, 11) is 2.10. The molecule has 0 N–H and O–H groups in total. The van der Waals surface area contributed by atoms with Gasteiger partial charge in [-0.2, -0.15) is 0 Å². The van der Waals surface area contributed by atoms with Crippen LogP contribution in [0.3, 0.4) is 0 Å². The molecule has 1 fully saturated rings. The van der Waals surface area contributed by atoms with Crippen LogP contribution < -0.4 is 0 Å². The van der Waals surface area contributed by atoms with Crippen LogP contribution in [0, 0.1) is 5.41 Å². The van der Waals surface area contributed by atoms with Crippen molar-refractivity contribution < 1.29 is 9.21 Å². The standard InChI is InChI=1S/C15H21N5O2S/c1-15(2,3)11-7-20(6-5-19(11)4)14(21)13-18-17-12(22-13)10-8-23-9-16-10/h8-9,11H,5-7H2,1-4H3. The molecule has 3 heterocycles. The summed E-state index contributed by atoms with van der Waals surface area (Å²) < 4.78 is 5.51. The molecule has 124 valence electrons. The molecule has 8 heteroatoms. The number of piperazine rings is 1. The summed E-state index contributed by atoms with van der Waals surface area (Å²) in [6, 6.07) is 0.293. The number of aromatic nitrogens is 3. The van der Waals surface area contributed by atoms with Crippen LogP contribution >= 0.6 is 11.3 Å². The van der Waals surface area contributed by atoms with Gasteiger partial charge in [0, 0.05) is 31.1 Å². The molecule has 1 aliphatic heterocycles. The molecule has 0 spiro atoms. The first kappa shape index (κ1) is 16.1. The van der Waals surface area contributed by atoms with Crippen LogP contribution in [0.25, 0.3) is 11.6 Å². The fourth-order valence-corrected chi connectivity index (χ4v) is 3.39. The number of likely N-dealkylation sites (N-methyl/N-ethyl adjacent to an activating group) is 1. The van der Waals surface area contributed by atoms with Gasteiger partial charge >= 0.3 is 11.8 Å². The molecule has 0 aromatic carbocycles. The highest BCUT2D eigenvalue weighted by molar-refractivity contribution is 7.07. The van der Waals surface area contributed by atoms with Crippen molar-refractivity contribution in [3.8, 4) is 11.6 Å². The lowest BCUT2D eigenvalue weighted by Crippen LogP contribution is -2.57. The van der Waals surface area contributed by atoms with E-state index < -0.39 is 0 Å². The van der Waals surface area contributed by atoms with Crippen LogP contribution in [-0.4, -0.2) is 63.6 Å². The Kier molecular flexibility index (Phi) is 4.20. The maximum Gasteiger partial charge on any atom is 0.311 e. The molecule has 1 amide bonds. The molecular formula is C15H21N5O2S. The fraction of sp³-hybridized carbons (Fsp3) is 0.600. The van der Waals surface area contributed by atoms with Crippen LogP contribution in [-0.2, 0) is 0 Å². The summed E-state index contributed by atoms with van der Waals surface area (Å²) in [5.41, 5.74) is 2.39. The van der Waals surface area contributed by atoms with E-state index in [0.29, 0.717) is 24.8 Å². The van der Waals surface area contributed by atoms with Gasteiger partial charge in [-0.15, -0.1) is 21.5 Å². The lowest BCUT2D eigenvalue weighted by atomic mass is 9.84. The highest BCUT2D eigenvalue weighted by Crippen LogP contribution is 2.27. The van der Waals surface area contributed by atoms with Crippen LogP contribution in [0.5, 0.6) is 0 Å². The first-order valence-corrected chi connectivity index (χ1v) is 8.52. The highest BCUT2D eigenvalue weighted by atomic mass is 32.1. The Morgan fingerprint density at radius 2 is 2.13 bits per heavy atom. The minimum absolute atomic E-state index is 0.0326. The summed E-state index contributed by atoms with van der Waals surface area (Å²) in [6.45, 7) is 8.73. The van der Waals surface area contributed by atoms with E-state index >= 15 is 0 Å². The maximum absolute atomic E-state index is 12.7. The minimum Gasteiger partial charge on any atom is -0.411 e. The van der Waals surface area contributed by atoms with Crippen LogP contribution in [0.4, 0.5) is 0 Å². The normalized spacial score (nSPS) is 20.0. The highest BCUT2D eigenvalue weighted by Gasteiger charge is 2.36. The van der Waals surface area contributed by atoms with Crippen molar-refractivity contribution in [3.05, 3.63) is 16.8 Å². The number of hydrogen-bond donors (Lipinski definition) is 0. The van der Waals surface area contributed by atoms with E-state index in [1.807, 2.05) is 5.38 Å². The van der Waals surface area contributed by atoms with Gasteiger partial charge in [0.05, 0.1) is 5.51 Å². The Hall–Kier alpha value is -1.80. The molecule has 2 aromatic rings. The van der Waals surface area contributed by atoms with E-state index in [2.05, 4.69) is 47.9 Å². The number of rotatable bonds is 2. The zero-order valence-corrected chi connectivity index (χ0v) is 14.6. The Balaban J connectivity index is 1.75. The van der Waals surface area contributed by atoms with E-state index in [9.17, 15) is 4.79 Å². The summed E-state index contributed by atoms with van der Waals surface area (Å²) in [6.07, 6.45) is 0. The van der Waals surface area contributed by atoms with Gasteiger partial charge < -0.3 is 9.32 Å². The number of thiazole rings is 1. The molecule has 2 aromatic heterocycles. The molecule has 3 rings (SSSR count). The second-order valence-corrected chi connectivity index (χ2v) is 7.62. The lowest BCUT2D eigenvalue weighted by Gasteiger charge is -2.45. The van der Waals surface area contributed by atoms with Crippen LogP contribution in [0.1, 0.15) is 31.5 Å². The fourth-order valence-electron chi connectivity index (χ4n) is 2.86. The molecule has 7 nitrogen and oxygen atoms in total. The molecule has 1 unspecified atom stereocenters. The predicted octanol–water partition coefficient (Wildman–Crippen LogP) is 2.00. The topological polar surface area (TPSA) is 75.4 Å². The van der Waals surface area contributed by atoms with E-state index in [4.69, 9.17) is 4.42 Å². The average molecular weight is 335 g/mol. The first-order valence-electron chi connectivity index (χ1n) is 7.58. The summed E-state index contributed by atoms with van der Waals surface area (Å²) >= 11 is 1.44. The molecule has 1 aliphatic rings. The van der Waals surface area contributed by atoms with Crippen LogP contribution in [0.15, 0.2) is 15.3 Å². The maximum atomic E-state index is 12.7. The van der Waals surface area contributed by atoms with Gasteiger partial charge in [0.15, 0.2) is 0 Å². The third kappa shape index (κ3) is 3.28. The summed E-state index contributed by atoms with van der Waals surface area (Å²) in [4.78, 5) is 20.9. The van der Waals surface area contributed by atoms with Crippen molar-refractivity contribution >= 4 is 17.2 Å². The van der Waals surface area contributed by atoms with Crippen molar-refractivity contribution in [2.24, 2.45) is 5.41 Å². The first-order chi connectivity index (χ1) is 10.9. The summed E-state index contributed by atoms with van der Waals surface area (Å²) in [5, 5.41) is 9.64. The van der Waals surface area contributed by atoms with Gasteiger partial charge in [-0.25, -0.2) is 4.98 Å². The Morgan fingerprint density at radius 3 is 2.78 bits per heavy atom. The van der Waals surface area contributed by atoms with Gasteiger partial charge in [0.2, 0.25) is 0 Å². The number of hydrogen-bond acceptors (Lipinski definition) is 7. The monoisotopic (exact) mass is 335 g/mol. The number of carbonyl (C=O) groups excluding carboxylic acids is 1.